The number of carboxylic acid groups (broad SMARTS) is 1. The van der Waals surface area contributed by atoms with Crippen molar-refractivity contribution in [3.05, 3.63) is 0 Å². The molecule has 0 unspecified atom stereocenters. The number of unbranched alkanes of at least 4 members (excludes halogenated alkanes) is 10. The minimum atomic E-state index is -1.08. The third kappa shape index (κ3) is 21.0. The van der Waals surface area contributed by atoms with Gasteiger partial charge in [0, 0.05) is 6.42 Å². The summed E-state index contributed by atoms with van der Waals surface area (Å²) in [5, 5.41) is 11.4. The van der Waals surface area contributed by atoms with Crippen LogP contribution in [0.1, 0.15) is 130 Å². The van der Waals surface area contributed by atoms with Crippen molar-refractivity contribution in [2.75, 3.05) is 0 Å². The maximum absolute atomic E-state index is 12.8. The van der Waals surface area contributed by atoms with E-state index in [1.54, 1.807) is 20.8 Å². The molecule has 0 rings (SSSR count). The van der Waals surface area contributed by atoms with E-state index in [0.717, 1.165) is 19.3 Å². The zero-order valence-electron chi connectivity index (χ0n) is 22.9. The fourth-order valence-electron chi connectivity index (χ4n) is 3.87. The van der Waals surface area contributed by atoms with Gasteiger partial charge in [-0.3, -0.25) is 9.59 Å². The zero-order valence-corrected chi connectivity index (χ0v) is 22.9. The van der Waals surface area contributed by atoms with E-state index in [9.17, 15) is 19.2 Å². The van der Waals surface area contributed by atoms with Gasteiger partial charge in [-0.25, -0.2) is 9.59 Å². The monoisotopic (exact) mass is 514 g/mol. The van der Waals surface area contributed by atoms with E-state index >= 15 is 0 Å². The first-order valence-electron chi connectivity index (χ1n) is 13.6. The van der Waals surface area contributed by atoms with Gasteiger partial charge in [-0.15, -0.1) is 0 Å². The van der Waals surface area contributed by atoms with E-state index in [1.165, 1.54) is 51.4 Å². The van der Waals surface area contributed by atoms with Crippen molar-refractivity contribution in [1.82, 2.24) is 5.32 Å². The van der Waals surface area contributed by atoms with E-state index in [2.05, 4.69) is 12.2 Å². The van der Waals surface area contributed by atoms with Crippen LogP contribution in [0.4, 0.5) is 4.79 Å². The number of alkyl carbamates (subject to hydrolysis) is 1. The second-order valence-electron chi connectivity index (χ2n) is 10.5. The predicted molar refractivity (Wildman–Crippen MR) is 139 cm³/mol. The van der Waals surface area contributed by atoms with E-state index in [0.29, 0.717) is 6.42 Å². The number of hydrogen-bond donors (Lipinski definition) is 3. The molecule has 0 spiro atoms. The quantitative estimate of drug-likeness (QED) is 0.133. The molecule has 0 radical (unpaired) electrons. The molecule has 0 bridgehead atoms. The van der Waals surface area contributed by atoms with Crippen molar-refractivity contribution in [2.24, 2.45) is 5.73 Å². The Labute approximate surface area is 217 Å². The predicted octanol–water partition coefficient (Wildman–Crippen LogP) is 5.62. The summed E-state index contributed by atoms with van der Waals surface area (Å²) in [6.45, 7) is 7.30. The largest absolute Gasteiger partial charge is 0.481 e. The fraction of sp³-hybridized carbons (Fsp3) is 0.852. The van der Waals surface area contributed by atoms with E-state index in [1.807, 2.05) is 0 Å². The van der Waals surface area contributed by atoms with Crippen LogP contribution in [-0.4, -0.2) is 46.8 Å². The highest BCUT2D eigenvalue weighted by Gasteiger charge is 2.28. The van der Waals surface area contributed by atoms with Gasteiger partial charge in [0.25, 0.3) is 0 Å². The molecule has 0 aliphatic carbocycles. The van der Waals surface area contributed by atoms with E-state index < -0.39 is 41.7 Å². The number of carbonyl (C=O) groups is 4. The van der Waals surface area contributed by atoms with Crippen molar-refractivity contribution in [1.29, 1.82) is 0 Å². The number of carboxylic acids is 1. The molecule has 36 heavy (non-hydrogen) atoms. The minimum absolute atomic E-state index is 0.0755. The first-order valence-corrected chi connectivity index (χ1v) is 13.6. The SMILES string of the molecule is CCCCCCCCCCCCC[C@@H](CC(N)=O)OC(=O)[C@H](CCCC(=O)O)NC(=O)OC(C)(C)C. The van der Waals surface area contributed by atoms with Crippen LogP contribution in [0.2, 0.25) is 0 Å². The lowest BCUT2D eigenvalue weighted by Crippen LogP contribution is -2.45. The molecule has 2 amide bonds. The molecule has 0 saturated carbocycles. The first kappa shape index (κ1) is 33.7. The van der Waals surface area contributed by atoms with Crippen LogP contribution in [0.3, 0.4) is 0 Å². The van der Waals surface area contributed by atoms with Gasteiger partial charge in [-0.1, -0.05) is 71.1 Å². The highest BCUT2D eigenvalue weighted by molar-refractivity contribution is 5.82. The molecule has 0 aromatic heterocycles. The zero-order chi connectivity index (χ0) is 27.4. The van der Waals surface area contributed by atoms with Crippen molar-refractivity contribution < 1.29 is 33.8 Å². The molecule has 0 aliphatic heterocycles. The van der Waals surface area contributed by atoms with Gasteiger partial charge in [-0.05, 0) is 46.5 Å². The van der Waals surface area contributed by atoms with Crippen LogP contribution in [0.25, 0.3) is 0 Å². The number of primary amides is 1. The molecule has 0 fully saturated rings. The lowest BCUT2D eigenvalue weighted by molar-refractivity contribution is -0.153. The molecular weight excluding hydrogens is 464 g/mol. The maximum Gasteiger partial charge on any atom is 0.408 e. The number of carbonyl (C=O) groups excluding carboxylic acids is 3. The standard InChI is InChI=1S/C27H50N2O7/c1-5-6-7-8-9-10-11-12-13-14-15-17-21(20-23(28)30)35-25(33)22(18-16-19-24(31)32)29-26(34)36-27(2,3)4/h21-22H,5-20H2,1-4H3,(H2,28,30)(H,29,34)(H,31,32)/t21-,22-/m0/s1. The van der Waals surface area contributed by atoms with Crippen LogP contribution >= 0.6 is 0 Å². The van der Waals surface area contributed by atoms with Gasteiger partial charge in [0.05, 0.1) is 6.42 Å². The molecule has 0 heterocycles. The molecule has 4 N–H and O–H groups in total. The smallest absolute Gasteiger partial charge is 0.408 e. The highest BCUT2D eigenvalue weighted by Crippen LogP contribution is 2.16. The summed E-state index contributed by atoms with van der Waals surface area (Å²) in [5.41, 5.74) is 4.59. The third-order valence-corrected chi connectivity index (χ3v) is 5.70. The van der Waals surface area contributed by atoms with Gasteiger partial charge in [-0.2, -0.15) is 0 Å². The normalized spacial score (nSPS) is 13.0. The molecule has 2 atom stereocenters. The molecule has 0 aliphatic rings. The lowest BCUT2D eigenvalue weighted by atomic mass is 10.0. The van der Waals surface area contributed by atoms with Gasteiger partial charge in [0.1, 0.15) is 17.7 Å². The molecule has 0 aromatic carbocycles. The fourth-order valence-corrected chi connectivity index (χ4v) is 3.87. The number of amides is 2. The maximum atomic E-state index is 12.8. The van der Waals surface area contributed by atoms with Crippen LogP contribution in [0.5, 0.6) is 0 Å². The van der Waals surface area contributed by atoms with Crippen LogP contribution in [-0.2, 0) is 23.9 Å². The van der Waals surface area contributed by atoms with Gasteiger partial charge >= 0.3 is 18.0 Å². The average Bonchev–Trinajstić information content (AvgIpc) is 2.74. The van der Waals surface area contributed by atoms with Crippen molar-refractivity contribution in [2.45, 2.75) is 148 Å². The average molecular weight is 515 g/mol. The summed E-state index contributed by atoms with van der Waals surface area (Å²) in [5.74, 6) is -2.29. The summed E-state index contributed by atoms with van der Waals surface area (Å²) in [7, 11) is 0. The lowest BCUT2D eigenvalue weighted by Gasteiger charge is -2.24. The number of esters is 1. The summed E-state index contributed by atoms with van der Waals surface area (Å²) >= 11 is 0. The highest BCUT2D eigenvalue weighted by atomic mass is 16.6. The second-order valence-corrected chi connectivity index (χ2v) is 10.5. The first-order chi connectivity index (χ1) is 16.9. The number of nitrogens with two attached hydrogens (primary N) is 1. The Bertz CT molecular complexity index is 647. The topological polar surface area (TPSA) is 145 Å². The molecular formula is C27H50N2O7. The summed E-state index contributed by atoms with van der Waals surface area (Å²) in [4.78, 5) is 47.4. The van der Waals surface area contributed by atoms with Crippen LogP contribution in [0, 0.1) is 0 Å². The Morgan fingerprint density at radius 1 is 0.833 bits per heavy atom. The number of ether oxygens (including phenoxy) is 2. The minimum Gasteiger partial charge on any atom is -0.481 e. The van der Waals surface area contributed by atoms with Crippen LogP contribution in [0.15, 0.2) is 0 Å². The molecule has 0 aromatic rings. The summed E-state index contributed by atoms with van der Waals surface area (Å²) < 4.78 is 10.8. The molecule has 9 nitrogen and oxygen atoms in total. The van der Waals surface area contributed by atoms with Crippen molar-refractivity contribution in [3.63, 3.8) is 0 Å². The Balaban J connectivity index is 4.64. The van der Waals surface area contributed by atoms with Crippen LogP contribution < -0.4 is 11.1 Å². The Morgan fingerprint density at radius 3 is 1.83 bits per heavy atom. The number of nitrogens with one attached hydrogen (secondary N) is 1. The van der Waals surface area contributed by atoms with Gasteiger partial charge in [0.2, 0.25) is 5.91 Å². The number of rotatable bonds is 21. The van der Waals surface area contributed by atoms with E-state index in [-0.39, 0.29) is 25.7 Å². The van der Waals surface area contributed by atoms with Crippen molar-refractivity contribution in [3.8, 4) is 0 Å². The second kappa shape index (κ2) is 19.8. The molecule has 9 heteroatoms. The van der Waals surface area contributed by atoms with Crippen molar-refractivity contribution >= 4 is 23.9 Å². The number of aliphatic carboxylic acids is 1. The number of hydrogen-bond acceptors (Lipinski definition) is 6. The Kier molecular flexibility index (Phi) is 18.5. The Morgan fingerprint density at radius 2 is 1.36 bits per heavy atom. The van der Waals surface area contributed by atoms with Gasteiger partial charge in [0.15, 0.2) is 0 Å². The molecule has 210 valence electrons. The summed E-state index contributed by atoms with van der Waals surface area (Å²) in [6.07, 6.45) is 12.0. The Hall–Kier alpha value is -2.32. The molecule has 0 saturated heterocycles. The summed E-state index contributed by atoms with van der Waals surface area (Å²) in [6, 6.07) is -1.08. The third-order valence-electron chi connectivity index (χ3n) is 5.70. The van der Waals surface area contributed by atoms with Gasteiger partial charge < -0.3 is 25.6 Å². The van der Waals surface area contributed by atoms with E-state index in [4.69, 9.17) is 20.3 Å².